The molecule has 0 bridgehead atoms. The molecular formula is C19H17ClN2O3S2. The molecule has 3 aromatic rings. The summed E-state index contributed by atoms with van der Waals surface area (Å²) >= 11 is 7.54. The molecule has 2 aromatic carbocycles. The summed E-state index contributed by atoms with van der Waals surface area (Å²) in [6.45, 7) is 1.69. The molecule has 0 fully saturated rings. The van der Waals surface area contributed by atoms with Crippen LogP contribution in [0.3, 0.4) is 0 Å². The molecule has 8 heteroatoms. The summed E-state index contributed by atoms with van der Waals surface area (Å²) in [6.07, 6.45) is 0.242. The van der Waals surface area contributed by atoms with E-state index in [9.17, 15) is 13.2 Å². The van der Waals surface area contributed by atoms with Crippen LogP contribution in [0, 0.1) is 6.92 Å². The maximum absolute atomic E-state index is 12.8. The van der Waals surface area contributed by atoms with Gasteiger partial charge in [0, 0.05) is 10.6 Å². The highest BCUT2D eigenvalue weighted by molar-refractivity contribution is 7.92. The Balaban J connectivity index is 1.82. The second kappa shape index (κ2) is 8.12. The minimum absolute atomic E-state index is 0.0799. The minimum atomic E-state index is -3.86. The number of sulfonamides is 1. The Labute approximate surface area is 167 Å². The summed E-state index contributed by atoms with van der Waals surface area (Å²) in [7, 11) is -3.86. The molecule has 0 radical (unpaired) electrons. The molecule has 27 heavy (non-hydrogen) atoms. The lowest BCUT2D eigenvalue weighted by atomic mass is 10.2. The summed E-state index contributed by atoms with van der Waals surface area (Å²) < 4.78 is 28.1. The normalized spacial score (nSPS) is 11.2. The molecule has 1 heterocycles. The Morgan fingerprint density at radius 3 is 2.59 bits per heavy atom. The molecule has 0 spiro atoms. The molecule has 0 aliphatic rings. The van der Waals surface area contributed by atoms with Crippen LogP contribution in [0.1, 0.15) is 10.4 Å². The lowest BCUT2D eigenvalue weighted by Gasteiger charge is -2.13. The van der Waals surface area contributed by atoms with E-state index in [1.54, 1.807) is 43.3 Å². The predicted molar refractivity (Wildman–Crippen MR) is 110 cm³/mol. The van der Waals surface area contributed by atoms with Crippen molar-refractivity contribution in [1.29, 1.82) is 0 Å². The first kappa shape index (κ1) is 19.4. The number of hydrogen-bond acceptors (Lipinski definition) is 4. The molecule has 3 rings (SSSR count). The van der Waals surface area contributed by atoms with Gasteiger partial charge in [-0.1, -0.05) is 35.9 Å². The summed E-state index contributed by atoms with van der Waals surface area (Å²) in [5.41, 5.74) is 1.28. The van der Waals surface area contributed by atoms with E-state index in [2.05, 4.69) is 10.0 Å². The van der Waals surface area contributed by atoms with Crippen molar-refractivity contribution in [3.05, 3.63) is 75.4 Å². The van der Waals surface area contributed by atoms with Gasteiger partial charge in [0.1, 0.15) is 0 Å². The van der Waals surface area contributed by atoms with Crippen molar-refractivity contribution in [3.8, 4) is 0 Å². The fourth-order valence-electron chi connectivity index (χ4n) is 2.49. The molecule has 0 unspecified atom stereocenters. The Bertz CT molecular complexity index is 1060. The van der Waals surface area contributed by atoms with Crippen LogP contribution in [-0.4, -0.2) is 14.3 Å². The average Bonchev–Trinajstić information content (AvgIpc) is 3.11. The molecule has 140 valence electrons. The second-order valence-electron chi connectivity index (χ2n) is 5.87. The number of amides is 1. The van der Waals surface area contributed by atoms with Crippen LogP contribution in [0.25, 0.3) is 0 Å². The summed E-state index contributed by atoms with van der Waals surface area (Å²) in [6, 6.07) is 15.1. The highest BCUT2D eigenvalue weighted by Crippen LogP contribution is 2.27. The number of carbonyl (C=O) groups excluding carboxylic acids is 1. The Morgan fingerprint density at radius 1 is 1.11 bits per heavy atom. The minimum Gasteiger partial charge on any atom is -0.326 e. The zero-order valence-electron chi connectivity index (χ0n) is 14.4. The molecule has 2 N–H and O–H groups in total. The van der Waals surface area contributed by atoms with E-state index in [0.29, 0.717) is 22.0 Å². The number of rotatable bonds is 6. The van der Waals surface area contributed by atoms with Crippen LogP contribution in [-0.2, 0) is 21.2 Å². The highest BCUT2D eigenvalue weighted by Gasteiger charge is 2.19. The van der Waals surface area contributed by atoms with Crippen LogP contribution in [0.2, 0.25) is 5.02 Å². The topological polar surface area (TPSA) is 75.3 Å². The number of hydrogen-bond donors (Lipinski definition) is 2. The maximum Gasteiger partial charge on any atom is 0.262 e. The van der Waals surface area contributed by atoms with Crippen molar-refractivity contribution in [2.24, 2.45) is 0 Å². The second-order valence-corrected chi connectivity index (χ2v) is 8.96. The van der Waals surface area contributed by atoms with Crippen molar-refractivity contribution in [2.75, 3.05) is 10.0 Å². The molecule has 0 atom stereocenters. The van der Waals surface area contributed by atoms with Gasteiger partial charge in [0.25, 0.3) is 10.0 Å². The zero-order chi connectivity index (χ0) is 19.4. The van der Waals surface area contributed by atoms with Gasteiger partial charge in [-0.3, -0.25) is 9.52 Å². The fraction of sp³-hybridized carbons (Fsp3) is 0.105. The SMILES string of the molecule is Cc1ccc(NC(=O)Cc2cccs2)cc1S(=O)(=O)Nc1ccccc1Cl. The maximum atomic E-state index is 12.8. The zero-order valence-corrected chi connectivity index (χ0v) is 16.8. The lowest BCUT2D eigenvalue weighted by molar-refractivity contribution is -0.115. The van der Waals surface area contributed by atoms with Crippen molar-refractivity contribution >= 4 is 50.2 Å². The Morgan fingerprint density at radius 2 is 1.89 bits per heavy atom. The number of anilines is 2. The standard InChI is InChI=1S/C19H17ClN2O3S2/c1-13-8-9-14(21-19(23)12-15-5-4-10-26-15)11-18(13)27(24,25)22-17-7-3-2-6-16(17)20/h2-11,22H,12H2,1H3,(H,21,23). The Kier molecular flexibility index (Phi) is 5.84. The molecule has 0 saturated heterocycles. The first-order chi connectivity index (χ1) is 12.8. The van der Waals surface area contributed by atoms with Gasteiger partial charge < -0.3 is 5.32 Å². The average molecular weight is 421 g/mol. The van der Waals surface area contributed by atoms with Crippen molar-refractivity contribution in [1.82, 2.24) is 0 Å². The van der Waals surface area contributed by atoms with Crippen LogP contribution in [0.4, 0.5) is 11.4 Å². The van der Waals surface area contributed by atoms with Crippen LogP contribution in [0.15, 0.2) is 64.9 Å². The van der Waals surface area contributed by atoms with E-state index in [1.807, 2.05) is 17.5 Å². The summed E-state index contributed by atoms with van der Waals surface area (Å²) in [5.74, 6) is -0.205. The van der Waals surface area contributed by atoms with Gasteiger partial charge in [0.15, 0.2) is 0 Å². The van der Waals surface area contributed by atoms with E-state index >= 15 is 0 Å². The van der Waals surface area contributed by atoms with E-state index in [1.165, 1.54) is 17.4 Å². The van der Waals surface area contributed by atoms with Crippen LogP contribution < -0.4 is 10.0 Å². The highest BCUT2D eigenvalue weighted by atomic mass is 35.5. The largest absolute Gasteiger partial charge is 0.326 e. The fourth-order valence-corrected chi connectivity index (χ4v) is 4.78. The number of benzene rings is 2. The predicted octanol–water partition coefficient (Wildman–Crippen LogP) is 4.69. The van der Waals surface area contributed by atoms with Gasteiger partial charge in [0.05, 0.1) is 22.0 Å². The number of aryl methyl sites for hydroxylation is 1. The quantitative estimate of drug-likeness (QED) is 0.607. The molecule has 5 nitrogen and oxygen atoms in total. The van der Waals surface area contributed by atoms with Gasteiger partial charge in [-0.15, -0.1) is 11.3 Å². The third-order valence-electron chi connectivity index (χ3n) is 3.79. The third-order valence-corrected chi connectivity index (χ3v) is 6.51. The van der Waals surface area contributed by atoms with E-state index in [0.717, 1.165) is 4.88 Å². The molecule has 1 aromatic heterocycles. The van der Waals surface area contributed by atoms with Crippen LogP contribution in [0.5, 0.6) is 0 Å². The molecule has 0 saturated carbocycles. The molecule has 1 amide bonds. The number of para-hydroxylation sites is 1. The molecule has 0 aliphatic heterocycles. The third kappa shape index (κ3) is 4.88. The smallest absolute Gasteiger partial charge is 0.262 e. The van der Waals surface area contributed by atoms with Crippen molar-refractivity contribution in [2.45, 2.75) is 18.2 Å². The van der Waals surface area contributed by atoms with Crippen molar-refractivity contribution < 1.29 is 13.2 Å². The van der Waals surface area contributed by atoms with Gasteiger partial charge >= 0.3 is 0 Å². The molecule has 0 aliphatic carbocycles. The van der Waals surface area contributed by atoms with E-state index < -0.39 is 10.0 Å². The number of nitrogens with one attached hydrogen (secondary N) is 2. The lowest BCUT2D eigenvalue weighted by Crippen LogP contribution is -2.17. The molecular weight excluding hydrogens is 404 g/mol. The number of thiophene rings is 1. The Hall–Kier alpha value is -2.35. The monoisotopic (exact) mass is 420 g/mol. The van der Waals surface area contributed by atoms with E-state index in [4.69, 9.17) is 11.6 Å². The van der Waals surface area contributed by atoms with Gasteiger partial charge in [-0.2, -0.15) is 0 Å². The summed E-state index contributed by atoms with van der Waals surface area (Å²) in [4.78, 5) is 13.2. The van der Waals surface area contributed by atoms with Gasteiger partial charge in [0.2, 0.25) is 5.91 Å². The van der Waals surface area contributed by atoms with Gasteiger partial charge in [-0.25, -0.2) is 8.42 Å². The van der Waals surface area contributed by atoms with E-state index in [-0.39, 0.29) is 17.2 Å². The van der Waals surface area contributed by atoms with Crippen LogP contribution >= 0.6 is 22.9 Å². The first-order valence-electron chi connectivity index (χ1n) is 8.05. The first-order valence-corrected chi connectivity index (χ1v) is 10.8. The number of carbonyl (C=O) groups is 1. The van der Waals surface area contributed by atoms with Gasteiger partial charge in [-0.05, 0) is 48.2 Å². The summed E-state index contributed by atoms with van der Waals surface area (Å²) in [5, 5.41) is 4.95. The van der Waals surface area contributed by atoms with Crippen molar-refractivity contribution in [3.63, 3.8) is 0 Å². The number of halogens is 1.